The first-order chi connectivity index (χ1) is 13.7. The number of amides is 1. The van der Waals surface area contributed by atoms with E-state index in [4.69, 9.17) is 9.72 Å². The topological polar surface area (TPSA) is 51.2 Å². The molecule has 3 aromatic rings. The van der Waals surface area contributed by atoms with Gasteiger partial charge in [0.1, 0.15) is 0 Å². The molecule has 1 aliphatic carbocycles. The Kier molecular flexibility index (Phi) is 6.67. The van der Waals surface area contributed by atoms with E-state index >= 15 is 0 Å². The Morgan fingerprint density at radius 3 is 2.89 bits per heavy atom. The summed E-state index contributed by atoms with van der Waals surface area (Å²) < 4.78 is 7.61. The molecule has 2 aromatic heterocycles. The van der Waals surface area contributed by atoms with Crippen LogP contribution < -0.4 is 5.32 Å². The van der Waals surface area contributed by atoms with E-state index in [9.17, 15) is 4.79 Å². The Balaban J connectivity index is 1.34. The van der Waals surface area contributed by atoms with Crippen LogP contribution in [-0.2, 0) is 16.0 Å². The van der Waals surface area contributed by atoms with Crippen molar-refractivity contribution < 1.29 is 9.53 Å². The molecule has 0 unspecified atom stereocenters. The van der Waals surface area contributed by atoms with Gasteiger partial charge in [-0.05, 0) is 72.7 Å². The molecule has 1 fully saturated rings. The molecule has 148 valence electrons. The van der Waals surface area contributed by atoms with Crippen LogP contribution in [0.15, 0.2) is 39.4 Å². The third-order valence-electron chi connectivity index (χ3n) is 5.21. The quantitative estimate of drug-likeness (QED) is 0.477. The fourth-order valence-electron chi connectivity index (χ4n) is 3.54. The predicted octanol–water partition coefficient (Wildman–Crippen LogP) is 5.84. The smallest absolute Gasteiger partial charge is 0.227 e. The standard InChI is InChI=1S/C21H24N2O2S3/c1-25-17-5-2-15(3-6-17)20(24)22-16-4-7-18-19(12-16)28-21(23-18)27-11-9-14-8-10-26-13-14/h4,7-8,10,12-13,15,17H,2-3,5-6,9,11H2,1H3,(H,22,24). The van der Waals surface area contributed by atoms with Crippen LogP contribution in [0.5, 0.6) is 0 Å². The first-order valence-electron chi connectivity index (χ1n) is 9.59. The second-order valence-corrected chi connectivity index (χ2v) is 10.2. The molecule has 4 rings (SSSR count). The van der Waals surface area contributed by atoms with Crippen LogP contribution in [0, 0.1) is 5.92 Å². The number of carbonyl (C=O) groups is 1. The van der Waals surface area contributed by atoms with Gasteiger partial charge in [0.05, 0.1) is 16.3 Å². The van der Waals surface area contributed by atoms with Crippen LogP contribution in [0.25, 0.3) is 10.2 Å². The van der Waals surface area contributed by atoms with Gasteiger partial charge in [0.2, 0.25) is 5.91 Å². The van der Waals surface area contributed by atoms with Crippen molar-refractivity contribution in [3.63, 3.8) is 0 Å². The summed E-state index contributed by atoms with van der Waals surface area (Å²) in [5.74, 6) is 1.25. The van der Waals surface area contributed by atoms with Crippen LogP contribution in [0.4, 0.5) is 5.69 Å². The molecule has 1 aliphatic rings. The van der Waals surface area contributed by atoms with Crippen molar-refractivity contribution in [2.45, 2.75) is 42.5 Å². The van der Waals surface area contributed by atoms with Gasteiger partial charge in [0.15, 0.2) is 4.34 Å². The van der Waals surface area contributed by atoms with Crippen molar-refractivity contribution in [1.29, 1.82) is 0 Å². The third-order valence-corrected chi connectivity index (χ3v) is 8.11. The summed E-state index contributed by atoms with van der Waals surface area (Å²) in [4.78, 5) is 17.3. The highest BCUT2D eigenvalue weighted by Crippen LogP contribution is 2.32. The zero-order chi connectivity index (χ0) is 19.3. The summed E-state index contributed by atoms with van der Waals surface area (Å²) in [5.41, 5.74) is 3.26. The van der Waals surface area contributed by atoms with E-state index in [0.717, 1.165) is 58.1 Å². The molecular weight excluding hydrogens is 408 g/mol. The van der Waals surface area contributed by atoms with E-state index in [1.165, 1.54) is 5.56 Å². The number of methoxy groups -OCH3 is 1. The zero-order valence-corrected chi connectivity index (χ0v) is 18.3. The van der Waals surface area contributed by atoms with E-state index in [2.05, 4.69) is 28.2 Å². The number of thiazole rings is 1. The third kappa shape index (κ3) is 4.95. The van der Waals surface area contributed by atoms with Crippen LogP contribution in [-0.4, -0.2) is 29.9 Å². The highest BCUT2D eigenvalue weighted by molar-refractivity contribution is 8.01. The lowest BCUT2D eigenvalue weighted by Crippen LogP contribution is -2.29. The number of rotatable bonds is 7. The summed E-state index contributed by atoms with van der Waals surface area (Å²) in [7, 11) is 1.75. The summed E-state index contributed by atoms with van der Waals surface area (Å²) in [6.45, 7) is 0. The van der Waals surface area contributed by atoms with E-state index in [1.807, 2.05) is 12.1 Å². The summed E-state index contributed by atoms with van der Waals surface area (Å²) in [6.07, 6.45) is 5.11. The van der Waals surface area contributed by atoms with Crippen molar-refractivity contribution in [3.8, 4) is 0 Å². The first-order valence-corrected chi connectivity index (χ1v) is 12.3. The highest BCUT2D eigenvalue weighted by Gasteiger charge is 2.26. The van der Waals surface area contributed by atoms with Crippen molar-refractivity contribution >= 4 is 56.2 Å². The molecule has 0 atom stereocenters. The number of carbonyl (C=O) groups excluding carboxylic acids is 1. The largest absolute Gasteiger partial charge is 0.381 e. The first kappa shape index (κ1) is 19.9. The zero-order valence-electron chi connectivity index (χ0n) is 15.8. The second-order valence-electron chi connectivity index (χ2n) is 7.09. The normalized spacial score (nSPS) is 19.8. The lowest BCUT2D eigenvalue weighted by Gasteiger charge is -2.26. The van der Waals surface area contributed by atoms with Gasteiger partial charge in [0.25, 0.3) is 0 Å². The molecule has 0 aliphatic heterocycles. The molecule has 1 saturated carbocycles. The Hall–Kier alpha value is -1.41. The van der Waals surface area contributed by atoms with Gasteiger partial charge in [-0.1, -0.05) is 11.8 Å². The minimum absolute atomic E-state index is 0.0896. The number of aromatic nitrogens is 1. The molecule has 0 spiro atoms. The number of hydrogen-bond acceptors (Lipinski definition) is 6. The summed E-state index contributed by atoms with van der Waals surface area (Å²) in [6, 6.07) is 8.20. The fraction of sp³-hybridized carbons (Fsp3) is 0.429. The molecular formula is C21H24N2O2S3. The molecule has 1 N–H and O–H groups in total. The second kappa shape index (κ2) is 9.39. The van der Waals surface area contributed by atoms with Crippen LogP contribution in [0.3, 0.4) is 0 Å². The summed E-state index contributed by atoms with van der Waals surface area (Å²) in [5, 5.41) is 7.43. The van der Waals surface area contributed by atoms with Gasteiger partial charge < -0.3 is 10.1 Å². The molecule has 1 aromatic carbocycles. The Morgan fingerprint density at radius 1 is 1.29 bits per heavy atom. The fourth-order valence-corrected chi connectivity index (χ4v) is 6.41. The predicted molar refractivity (Wildman–Crippen MR) is 120 cm³/mol. The minimum Gasteiger partial charge on any atom is -0.381 e. The van der Waals surface area contributed by atoms with E-state index in [0.29, 0.717) is 6.10 Å². The lowest BCUT2D eigenvalue weighted by molar-refractivity contribution is -0.121. The van der Waals surface area contributed by atoms with Crippen molar-refractivity contribution in [3.05, 3.63) is 40.6 Å². The average Bonchev–Trinajstić information content (AvgIpc) is 3.37. The van der Waals surface area contributed by atoms with E-state index < -0.39 is 0 Å². The Labute approximate surface area is 177 Å². The van der Waals surface area contributed by atoms with Gasteiger partial charge in [-0.15, -0.1) is 11.3 Å². The van der Waals surface area contributed by atoms with Gasteiger partial charge >= 0.3 is 0 Å². The monoisotopic (exact) mass is 432 g/mol. The SMILES string of the molecule is COC1CCC(C(=O)Nc2ccc3nc(SCCc4ccsc4)sc3c2)CC1. The van der Waals surface area contributed by atoms with Gasteiger partial charge in [-0.3, -0.25) is 4.79 Å². The molecule has 4 nitrogen and oxygen atoms in total. The Morgan fingerprint density at radius 2 is 2.14 bits per heavy atom. The highest BCUT2D eigenvalue weighted by atomic mass is 32.2. The maximum absolute atomic E-state index is 12.6. The van der Waals surface area contributed by atoms with Crippen molar-refractivity contribution in [1.82, 2.24) is 4.98 Å². The minimum atomic E-state index is 0.0896. The van der Waals surface area contributed by atoms with Crippen LogP contribution in [0.2, 0.25) is 0 Å². The number of aryl methyl sites for hydroxylation is 1. The molecule has 2 heterocycles. The van der Waals surface area contributed by atoms with Gasteiger partial charge in [-0.25, -0.2) is 4.98 Å². The van der Waals surface area contributed by atoms with E-state index in [1.54, 1.807) is 41.5 Å². The number of nitrogens with one attached hydrogen (secondary N) is 1. The van der Waals surface area contributed by atoms with Crippen molar-refractivity contribution in [2.24, 2.45) is 5.92 Å². The number of anilines is 1. The van der Waals surface area contributed by atoms with Crippen molar-refractivity contribution in [2.75, 3.05) is 18.2 Å². The maximum atomic E-state index is 12.6. The Bertz CT molecular complexity index is 915. The number of thiophene rings is 1. The van der Waals surface area contributed by atoms with E-state index in [-0.39, 0.29) is 11.8 Å². The molecule has 0 saturated heterocycles. The number of fused-ring (bicyclic) bond motifs is 1. The molecule has 0 radical (unpaired) electrons. The van der Waals surface area contributed by atoms with Gasteiger partial charge in [-0.2, -0.15) is 11.3 Å². The molecule has 1 amide bonds. The number of ether oxygens (including phenoxy) is 1. The number of hydrogen-bond donors (Lipinski definition) is 1. The number of benzene rings is 1. The average molecular weight is 433 g/mol. The summed E-state index contributed by atoms with van der Waals surface area (Å²) >= 11 is 5.25. The molecule has 0 bridgehead atoms. The maximum Gasteiger partial charge on any atom is 0.227 e. The number of thioether (sulfide) groups is 1. The molecule has 7 heteroatoms. The van der Waals surface area contributed by atoms with Gasteiger partial charge in [0, 0.05) is 24.5 Å². The number of nitrogens with zero attached hydrogens (tertiary/aromatic N) is 1. The van der Waals surface area contributed by atoms with Crippen LogP contribution in [0.1, 0.15) is 31.2 Å². The lowest BCUT2D eigenvalue weighted by atomic mass is 9.87. The van der Waals surface area contributed by atoms with Crippen LogP contribution >= 0.6 is 34.4 Å². The molecule has 28 heavy (non-hydrogen) atoms.